The second-order valence-electron chi connectivity index (χ2n) is 5.63. The van der Waals surface area contributed by atoms with Crippen molar-refractivity contribution >= 4 is 12.0 Å². The summed E-state index contributed by atoms with van der Waals surface area (Å²) in [6.45, 7) is 0. The van der Waals surface area contributed by atoms with E-state index in [0.29, 0.717) is 5.76 Å². The summed E-state index contributed by atoms with van der Waals surface area (Å²) in [7, 11) is 0. The fraction of sp³-hybridized carbons (Fsp3) is 0.278. The van der Waals surface area contributed by atoms with E-state index in [1.807, 2.05) is 0 Å². The van der Waals surface area contributed by atoms with E-state index in [9.17, 15) is 9.18 Å². The molecule has 0 aliphatic heterocycles. The topological polar surface area (TPSA) is 42.2 Å². The Hall–Kier alpha value is -2.36. The van der Waals surface area contributed by atoms with Gasteiger partial charge in [-0.2, -0.15) is 0 Å². The lowest BCUT2D eigenvalue weighted by Gasteiger charge is -2.30. The highest BCUT2D eigenvalue weighted by molar-refractivity contribution is 5.92. The minimum absolute atomic E-state index is 0.164. The first kappa shape index (κ1) is 14.6. The van der Waals surface area contributed by atoms with Crippen molar-refractivity contribution in [3.8, 4) is 0 Å². The number of hydrogen-bond donors (Lipinski definition) is 1. The third kappa shape index (κ3) is 3.11. The third-order valence-corrected chi connectivity index (χ3v) is 4.16. The minimum atomic E-state index is -0.391. The molecule has 1 fully saturated rings. The molecule has 3 rings (SSSR count). The molecule has 0 bridgehead atoms. The number of carbonyl (C=O) groups is 1. The average molecular weight is 299 g/mol. The summed E-state index contributed by atoms with van der Waals surface area (Å²) in [5, 5.41) is 3.10. The van der Waals surface area contributed by atoms with Crippen LogP contribution < -0.4 is 5.32 Å². The lowest BCUT2D eigenvalue weighted by Crippen LogP contribution is -2.43. The van der Waals surface area contributed by atoms with Crippen LogP contribution in [0.15, 0.2) is 53.2 Å². The van der Waals surface area contributed by atoms with Gasteiger partial charge in [0.2, 0.25) is 5.91 Å². The lowest BCUT2D eigenvalue weighted by molar-refractivity contribution is -0.118. The highest BCUT2D eigenvalue weighted by Gasteiger charge is 2.36. The molecular formula is C18H18FNO2. The van der Waals surface area contributed by atoms with E-state index < -0.39 is 5.54 Å². The first-order chi connectivity index (χ1) is 10.7. The fourth-order valence-corrected chi connectivity index (χ4v) is 3.05. The maximum absolute atomic E-state index is 13.1. The number of nitrogens with one attached hydrogen (secondary N) is 1. The molecule has 0 radical (unpaired) electrons. The van der Waals surface area contributed by atoms with Crippen molar-refractivity contribution in [2.45, 2.75) is 31.2 Å². The molecule has 1 aromatic heterocycles. The standard InChI is InChI=1S/C18H18FNO2/c19-15-7-5-14(6-8-15)18(11-1-2-12-18)20-17(21)10-9-16-4-3-13-22-16/h3-10,13H,1-2,11-12H2,(H,20,21)/b10-9-. The van der Waals surface area contributed by atoms with Gasteiger partial charge in [-0.1, -0.05) is 25.0 Å². The molecule has 1 saturated carbocycles. The molecule has 0 saturated heterocycles. The van der Waals surface area contributed by atoms with Crippen molar-refractivity contribution in [3.05, 3.63) is 65.9 Å². The van der Waals surface area contributed by atoms with Gasteiger partial charge in [-0.05, 0) is 48.7 Å². The van der Waals surface area contributed by atoms with Gasteiger partial charge >= 0.3 is 0 Å². The molecule has 3 nitrogen and oxygen atoms in total. The molecule has 0 atom stereocenters. The van der Waals surface area contributed by atoms with Crippen LogP contribution in [0.5, 0.6) is 0 Å². The first-order valence-corrected chi connectivity index (χ1v) is 7.48. The Labute approximate surface area is 128 Å². The summed E-state index contributed by atoms with van der Waals surface area (Å²) in [5.74, 6) is 0.209. The monoisotopic (exact) mass is 299 g/mol. The molecule has 22 heavy (non-hydrogen) atoms. The number of hydrogen-bond acceptors (Lipinski definition) is 2. The second-order valence-corrected chi connectivity index (χ2v) is 5.63. The van der Waals surface area contributed by atoms with Crippen LogP contribution in [0.3, 0.4) is 0 Å². The zero-order valence-corrected chi connectivity index (χ0v) is 12.2. The smallest absolute Gasteiger partial charge is 0.244 e. The van der Waals surface area contributed by atoms with E-state index in [4.69, 9.17) is 4.42 Å². The summed E-state index contributed by atoms with van der Waals surface area (Å²) in [4.78, 5) is 12.2. The van der Waals surface area contributed by atoms with E-state index in [1.165, 1.54) is 18.2 Å². The van der Waals surface area contributed by atoms with Gasteiger partial charge in [0.25, 0.3) is 0 Å². The number of benzene rings is 1. The van der Waals surface area contributed by atoms with Crippen LogP contribution in [-0.2, 0) is 10.3 Å². The maximum Gasteiger partial charge on any atom is 0.244 e. The predicted molar refractivity (Wildman–Crippen MR) is 82.4 cm³/mol. The third-order valence-electron chi connectivity index (χ3n) is 4.16. The SMILES string of the molecule is O=C(/C=C\c1ccco1)NC1(c2ccc(F)cc2)CCCC1. The number of rotatable bonds is 4. The van der Waals surface area contributed by atoms with Crippen molar-refractivity contribution in [3.63, 3.8) is 0 Å². The minimum Gasteiger partial charge on any atom is -0.465 e. The summed E-state index contributed by atoms with van der Waals surface area (Å²) in [6.07, 6.45) is 8.54. The van der Waals surface area contributed by atoms with E-state index in [0.717, 1.165) is 31.2 Å². The van der Waals surface area contributed by atoms with Crippen LogP contribution in [0.4, 0.5) is 4.39 Å². The van der Waals surface area contributed by atoms with Gasteiger partial charge < -0.3 is 9.73 Å². The van der Waals surface area contributed by atoms with Crippen LogP contribution in [0.2, 0.25) is 0 Å². The average Bonchev–Trinajstić information content (AvgIpc) is 3.18. The molecule has 1 aliphatic rings. The van der Waals surface area contributed by atoms with E-state index in [2.05, 4.69) is 5.32 Å². The predicted octanol–water partition coefficient (Wildman–Crippen LogP) is 4.02. The van der Waals surface area contributed by atoms with Gasteiger partial charge in [0.05, 0.1) is 11.8 Å². The Balaban J connectivity index is 1.76. The van der Waals surface area contributed by atoms with Crippen molar-refractivity contribution in [1.82, 2.24) is 5.32 Å². The Morgan fingerprint density at radius 3 is 2.55 bits per heavy atom. The molecule has 1 aliphatic carbocycles. The lowest BCUT2D eigenvalue weighted by atomic mass is 9.88. The molecule has 2 aromatic rings. The summed E-state index contributed by atoms with van der Waals surface area (Å²) >= 11 is 0. The van der Waals surface area contributed by atoms with Gasteiger partial charge in [0.1, 0.15) is 11.6 Å². The molecule has 1 heterocycles. The number of amides is 1. The van der Waals surface area contributed by atoms with Gasteiger partial charge in [0, 0.05) is 6.08 Å². The maximum atomic E-state index is 13.1. The van der Waals surface area contributed by atoms with Gasteiger partial charge in [-0.3, -0.25) is 4.79 Å². The molecule has 1 amide bonds. The second kappa shape index (κ2) is 6.18. The molecule has 0 unspecified atom stereocenters. The number of furan rings is 1. The van der Waals surface area contributed by atoms with Crippen molar-refractivity contribution < 1.29 is 13.6 Å². The normalized spacial score (nSPS) is 17.0. The summed E-state index contributed by atoms with van der Waals surface area (Å²) in [5.41, 5.74) is 0.573. The van der Waals surface area contributed by atoms with Crippen molar-refractivity contribution in [2.24, 2.45) is 0 Å². The van der Waals surface area contributed by atoms with Crippen LogP contribution >= 0.6 is 0 Å². The molecule has 0 spiro atoms. The van der Waals surface area contributed by atoms with Crippen LogP contribution in [0.1, 0.15) is 37.0 Å². The highest BCUT2D eigenvalue weighted by Crippen LogP contribution is 2.38. The van der Waals surface area contributed by atoms with Crippen LogP contribution in [-0.4, -0.2) is 5.91 Å². The first-order valence-electron chi connectivity index (χ1n) is 7.48. The molecule has 114 valence electrons. The van der Waals surface area contributed by atoms with Crippen LogP contribution in [0.25, 0.3) is 6.08 Å². The zero-order valence-electron chi connectivity index (χ0n) is 12.2. The molecular weight excluding hydrogens is 281 g/mol. The Bertz CT molecular complexity index is 653. The van der Waals surface area contributed by atoms with E-state index in [1.54, 1.807) is 36.6 Å². The summed E-state index contributed by atoms with van der Waals surface area (Å²) in [6, 6.07) is 9.97. The quantitative estimate of drug-likeness (QED) is 0.866. The Kier molecular flexibility index (Phi) is 4.09. The van der Waals surface area contributed by atoms with E-state index >= 15 is 0 Å². The molecule has 4 heteroatoms. The highest BCUT2D eigenvalue weighted by atomic mass is 19.1. The fourth-order valence-electron chi connectivity index (χ4n) is 3.05. The number of halogens is 1. The molecule has 1 aromatic carbocycles. The van der Waals surface area contributed by atoms with Gasteiger partial charge in [-0.25, -0.2) is 4.39 Å². The van der Waals surface area contributed by atoms with Crippen molar-refractivity contribution in [1.29, 1.82) is 0 Å². The zero-order chi connectivity index (χ0) is 15.4. The van der Waals surface area contributed by atoms with Crippen LogP contribution in [0, 0.1) is 5.82 Å². The Morgan fingerprint density at radius 2 is 1.91 bits per heavy atom. The summed E-state index contributed by atoms with van der Waals surface area (Å²) < 4.78 is 18.3. The van der Waals surface area contributed by atoms with Gasteiger partial charge in [-0.15, -0.1) is 0 Å². The van der Waals surface area contributed by atoms with E-state index in [-0.39, 0.29) is 11.7 Å². The number of carbonyl (C=O) groups excluding carboxylic acids is 1. The van der Waals surface area contributed by atoms with Crippen molar-refractivity contribution in [2.75, 3.05) is 0 Å². The Morgan fingerprint density at radius 1 is 1.18 bits per heavy atom. The van der Waals surface area contributed by atoms with Gasteiger partial charge in [0.15, 0.2) is 0 Å². The molecule has 1 N–H and O–H groups in total. The largest absolute Gasteiger partial charge is 0.465 e.